The molecule has 1 aromatic heterocycles. The van der Waals surface area contributed by atoms with E-state index in [2.05, 4.69) is 22.2 Å². The summed E-state index contributed by atoms with van der Waals surface area (Å²) >= 11 is 0. The predicted octanol–water partition coefficient (Wildman–Crippen LogP) is 4.25. The van der Waals surface area contributed by atoms with Gasteiger partial charge in [0, 0.05) is 37.3 Å². The molecule has 1 spiro atoms. The molecule has 32 heavy (non-hydrogen) atoms. The Morgan fingerprint density at radius 3 is 2.91 bits per heavy atom. The molecular weight excluding hydrogens is 400 g/mol. The van der Waals surface area contributed by atoms with Crippen LogP contribution in [0.4, 0.5) is 11.5 Å². The third-order valence-electron chi connectivity index (χ3n) is 6.84. The topological polar surface area (TPSA) is 74.7 Å². The molecule has 0 aliphatic carbocycles. The number of aliphatic imine (C=N–C) groups is 1. The van der Waals surface area contributed by atoms with Gasteiger partial charge in [0.2, 0.25) is 11.8 Å². The Hall–Kier alpha value is -3.54. The SMILES string of the molecule is CC1CCN=CC12CCN(c1ccnc(NC(=O)Cc3cccc4ccccc34)c1)C2=O. The van der Waals surface area contributed by atoms with E-state index < -0.39 is 5.41 Å². The molecule has 2 amide bonds. The molecule has 0 bridgehead atoms. The first-order valence-electron chi connectivity index (χ1n) is 11.1. The van der Waals surface area contributed by atoms with E-state index in [0.29, 0.717) is 12.4 Å². The lowest BCUT2D eigenvalue weighted by atomic mass is 9.73. The van der Waals surface area contributed by atoms with Crippen molar-refractivity contribution in [2.24, 2.45) is 16.3 Å². The minimum absolute atomic E-state index is 0.0904. The molecule has 6 nitrogen and oxygen atoms in total. The molecular formula is C26H26N4O2. The average molecular weight is 427 g/mol. The number of amides is 2. The van der Waals surface area contributed by atoms with Gasteiger partial charge < -0.3 is 10.2 Å². The number of rotatable bonds is 4. The Kier molecular flexibility index (Phi) is 5.21. The lowest BCUT2D eigenvalue weighted by molar-refractivity contribution is -0.124. The number of aromatic nitrogens is 1. The third kappa shape index (κ3) is 3.55. The molecule has 2 unspecified atom stereocenters. The predicted molar refractivity (Wildman–Crippen MR) is 127 cm³/mol. The minimum Gasteiger partial charge on any atom is -0.311 e. The van der Waals surface area contributed by atoms with Crippen molar-refractivity contribution < 1.29 is 9.59 Å². The maximum atomic E-state index is 13.3. The molecule has 1 fully saturated rings. The van der Waals surface area contributed by atoms with Gasteiger partial charge in [-0.25, -0.2) is 4.98 Å². The van der Waals surface area contributed by atoms with Gasteiger partial charge in [0.05, 0.1) is 11.8 Å². The van der Waals surface area contributed by atoms with E-state index in [0.717, 1.165) is 41.4 Å². The maximum absolute atomic E-state index is 13.3. The second kappa shape index (κ2) is 8.19. The van der Waals surface area contributed by atoms with Crippen LogP contribution in [-0.2, 0) is 16.0 Å². The Balaban J connectivity index is 1.32. The Morgan fingerprint density at radius 1 is 1.19 bits per heavy atom. The highest BCUT2D eigenvalue weighted by atomic mass is 16.2. The molecule has 6 heteroatoms. The molecule has 1 saturated heterocycles. The zero-order chi connectivity index (χ0) is 22.1. The van der Waals surface area contributed by atoms with Crippen LogP contribution in [0, 0.1) is 11.3 Å². The molecule has 3 aromatic rings. The van der Waals surface area contributed by atoms with Crippen LogP contribution >= 0.6 is 0 Å². The summed E-state index contributed by atoms with van der Waals surface area (Å²) in [4.78, 5) is 36.6. The minimum atomic E-state index is -0.501. The van der Waals surface area contributed by atoms with E-state index >= 15 is 0 Å². The van der Waals surface area contributed by atoms with Gasteiger partial charge in [-0.15, -0.1) is 0 Å². The van der Waals surface area contributed by atoms with Crippen molar-refractivity contribution >= 4 is 40.3 Å². The number of carbonyl (C=O) groups is 2. The van der Waals surface area contributed by atoms with Crippen molar-refractivity contribution in [1.82, 2.24) is 4.98 Å². The first-order valence-corrected chi connectivity index (χ1v) is 11.1. The summed E-state index contributed by atoms with van der Waals surface area (Å²) in [5.41, 5.74) is 1.23. The fourth-order valence-corrected chi connectivity index (χ4v) is 4.92. The van der Waals surface area contributed by atoms with Gasteiger partial charge in [-0.2, -0.15) is 0 Å². The van der Waals surface area contributed by atoms with Crippen molar-refractivity contribution in [1.29, 1.82) is 0 Å². The van der Waals surface area contributed by atoms with E-state index in [4.69, 9.17) is 0 Å². The third-order valence-corrected chi connectivity index (χ3v) is 6.84. The van der Waals surface area contributed by atoms with E-state index in [1.807, 2.05) is 54.7 Å². The molecule has 5 rings (SSSR count). The monoisotopic (exact) mass is 426 g/mol. The molecule has 2 aromatic carbocycles. The normalized spacial score (nSPS) is 22.6. The highest BCUT2D eigenvalue weighted by Gasteiger charge is 2.50. The first-order chi connectivity index (χ1) is 15.6. The lowest BCUT2D eigenvalue weighted by Gasteiger charge is -2.32. The van der Waals surface area contributed by atoms with Crippen LogP contribution in [0.25, 0.3) is 10.8 Å². The summed E-state index contributed by atoms with van der Waals surface area (Å²) in [6.45, 7) is 3.57. The first kappa shape index (κ1) is 20.4. The molecule has 3 heterocycles. The summed E-state index contributed by atoms with van der Waals surface area (Å²) in [7, 11) is 0. The Morgan fingerprint density at radius 2 is 2.03 bits per heavy atom. The molecule has 0 radical (unpaired) electrons. The number of nitrogens with one attached hydrogen (secondary N) is 1. The van der Waals surface area contributed by atoms with Crippen LogP contribution < -0.4 is 10.2 Å². The zero-order valence-electron chi connectivity index (χ0n) is 18.1. The van der Waals surface area contributed by atoms with Gasteiger partial charge in [0.1, 0.15) is 5.82 Å². The van der Waals surface area contributed by atoms with Gasteiger partial charge >= 0.3 is 0 Å². The van der Waals surface area contributed by atoms with E-state index in [1.54, 1.807) is 17.2 Å². The quantitative estimate of drug-likeness (QED) is 0.678. The fourth-order valence-electron chi connectivity index (χ4n) is 4.92. The van der Waals surface area contributed by atoms with Gasteiger partial charge in [-0.3, -0.25) is 14.6 Å². The second-order valence-corrected chi connectivity index (χ2v) is 8.73. The number of benzene rings is 2. The standard InChI is InChI=1S/C26H26N4O2/c1-18-9-12-27-17-26(18)11-14-30(25(26)32)21-10-13-28-23(16-21)29-24(31)15-20-7-4-6-19-5-2-3-8-22(19)20/h2-8,10,13,16-18H,9,11-12,14-15H2,1H3,(H,28,29,31). The van der Waals surface area contributed by atoms with Crippen molar-refractivity contribution in [3.63, 3.8) is 0 Å². The molecule has 2 aliphatic heterocycles. The van der Waals surface area contributed by atoms with E-state index in [1.165, 1.54) is 0 Å². The van der Waals surface area contributed by atoms with Crippen LogP contribution in [0.15, 0.2) is 65.8 Å². The van der Waals surface area contributed by atoms with Gasteiger partial charge in [0.25, 0.3) is 0 Å². The molecule has 2 aliphatic rings. The zero-order valence-corrected chi connectivity index (χ0v) is 18.1. The highest BCUT2D eigenvalue weighted by molar-refractivity contribution is 6.10. The number of nitrogens with zero attached hydrogens (tertiary/aromatic N) is 3. The van der Waals surface area contributed by atoms with Crippen LogP contribution in [-0.4, -0.2) is 36.1 Å². The fraction of sp³-hybridized carbons (Fsp3) is 0.308. The van der Waals surface area contributed by atoms with Crippen LogP contribution in [0.5, 0.6) is 0 Å². The number of pyridine rings is 1. The van der Waals surface area contributed by atoms with Crippen molar-refractivity contribution in [2.75, 3.05) is 23.3 Å². The van der Waals surface area contributed by atoms with E-state index in [9.17, 15) is 9.59 Å². The van der Waals surface area contributed by atoms with Crippen molar-refractivity contribution in [2.45, 2.75) is 26.2 Å². The number of anilines is 2. The van der Waals surface area contributed by atoms with Gasteiger partial charge in [0.15, 0.2) is 0 Å². The number of fused-ring (bicyclic) bond motifs is 1. The lowest BCUT2D eigenvalue weighted by Crippen LogP contribution is -2.42. The Bertz CT molecular complexity index is 1220. The number of hydrogen-bond donors (Lipinski definition) is 1. The molecule has 162 valence electrons. The number of hydrogen-bond acceptors (Lipinski definition) is 4. The van der Waals surface area contributed by atoms with Gasteiger partial charge in [-0.1, -0.05) is 49.4 Å². The Labute approximate surface area is 187 Å². The van der Waals surface area contributed by atoms with Gasteiger partial charge in [-0.05, 0) is 41.2 Å². The smallest absolute Gasteiger partial charge is 0.238 e. The second-order valence-electron chi connectivity index (χ2n) is 8.73. The molecule has 1 N–H and O–H groups in total. The van der Waals surface area contributed by atoms with Crippen LogP contribution in [0.3, 0.4) is 0 Å². The highest BCUT2D eigenvalue weighted by Crippen LogP contribution is 2.42. The van der Waals surface area contributed by atoms with Crippen molar-refractivity contribution in [3.8, 4) is 0 Å². The van der Waals surface area contributed by atoms with Crippen LogP contribution in [0.1, 0.15) is 25.3 Å². The molecule has 2 atom stereocenters. The maximum Gasteiger partial charge on any atom is 0.238 e. The van der Waals surface area contributed by atoms with E-state index in [-0.39, 0.29) is 24.2 Å². The summed E-state index contributed by atoms with van der Waals surface area (Å²) in [6, 6.07) is 17.6. The summed E-state index contributed by atoms with van der Waals surface area (Å²) in [5.74, 6) is 0.682. The summed E-state index contributed by atoms with van der Waals surface area (Å²) < 4.78 is 0. The summed E-state index contributed by atoms with van der Waals surface area (Å²) in [6.07, 6.45) is 5.47. The number of carbonyl (C=O) groups excluding carboxylic acids is 2. The largest absolute Gasteiger partial charge is 0.311 e. The van der Waals surface area contributed by atoms with Crippen LogP contribution in [0.2, 0.25) is 0 Å². The molecule has 0 saturated carbocycles. The summed E-state index contributed by atoms with van der Waals surface area (Å²) in [5, 5.41) is 5.08. The average Bonchev–Trinajstić information content (AvgIpc) is 3.13. The van der Waals surface area contributed by atoms with Crippen molar-refractivity contribution in [3.05, 3.63) is 66.4 Å².